The summed E-state index contributed by atoms with van der Waals surface area (Å²) in [6.07, 6.45) is -1.20. The van der Waals surface area contributed by atoms with Crippen molar-refractivity contribution >= 4 is 0 Å². The van der Waals surface area contributed by atoms with Crippen LogP contribution in [0.5, 0.6) is 0 Å². The largest absolute Gasteiger partial charge is 0.393 e. The van der Waals surface area contributed by atoms with E-state index in [9.17, 15) is 20.4 Å². The minimum atomic E-state index is -0.300. The molecule has 0 aliphatic carbocycles. The number of aliphatic hydroxyl groups is 4. The lowest BCUT2D eigenvalue weighted by atomic mass is 9.91. The summed E-state index contributed by atoms with van der Waals surface area (Å²) in [5.41, 5.74) is 0. The van der Waals surface area contributed by atoms with Crippen LogP contribution in [0.25, 0.3) is 0 Å². The maximum Gasteiger partial charge on any atom is 0.0552 e. The van der Waals surface area contributed by atoms with E-state index >= 15 is 0 Å². The highest BCUT2D eigenvalue weighted by Crippen LogP contribution is 2.22. The zero-order valence-electron chi connectivity index (χ0n) is 23.6. The highest BCUT2D eigenvalue weighted by Gasteiger charge is 2.29. The fourth-order valence-electron chi connectivity index (χ4n) is 3.84. The van der Waals surface area contributed by atoms with E-state index in [1.807, 2.05) is 27.7 Å². The molecule has 0 aromatic carbocycles. The second-order valence-electron chi connectivity index (χ2n) is 10.7. The Kier molecular flexibility index (Phi) is 16.6. The van der Waals surface area contributed by atoms with Crippen molar-refractivity contribution < 1.29 is 20.4 Å². The summed E-state index contributed by atoms with van der Waals surface area (Å²) < 4.78 is 0. The van der Waals surface area contributed by atoms with Crippen LogP contribution in [-0.2, 0) is 0 Å². The maximum atomic E-state index is 9.59. The second kappa shape index (κ2) is 15.6. The van der Waals surface area contributed by atoms with Crippen molar-refractivity contribution in [1.29, 1.82) is 0 Å². The van der Waals surface area contributed by atoms with Crippen LogP contribution >= 0.6 is 0 Å². The first-order chi connectivity index (χ1) is 14.4. The minimum Gasteiger partial charge on any atom is -0.393 e. The highest BCUT2D eigenvalue weighted by molar-refractivity contribution is 4.82. The van der Waals surface area contributed by atoms with Crippen LogP contribution in [-0.4, -0.2) is 92.9 Å². The summed E-state index contributed by atoms with van der Waals surface area (Å²) in [5, 5.41) is 38.4. The first-order valence-electron chi connectivity index (χ1n) is 12.6. The van der Waals surface area contributed by atoms with Gasteiger partial charge in [-0.15, -0.1) is 0 Å². The summed E-state index contributed by atoms with van der Waals surface area (Å²) in [4.78, 5) is 4.49. The van der Waals surface area contributed by atoms with Crippen LogP contribution in [0.15, 0.2) is 0 Å². The first-order valence-corrected chi connectivity index (χ1v) is 12.6. The summed E-state index contributed by atoms with van der Waals surface area (Å²) in [5.74, 6) is 0.921. The first kappa shape index (κ1) is 33.9. The van der Waals surface area contributed by atoms with Gasteiger partial charge in [0.2, 0.25) is 0 Å². The molecule has 196 valence electrons. The molecule has 12 unspecified atom stereocenters. The fraction of sp³-hybridized carbons (Fsp3) is 1.00. The highest BCUT2D eigenvalue weighted by atomic mass is 16.3. The summed E-state index contributed by atoms with van der Waals surface area (Å²) in [6, 6.07) is 1.21. The van der Waals surface area contributed by atoms with Crippen molar-refractivity contribution in [3.8, 4) is 0 Å². The van der Waals surface area contributed by atoms with Gasteiger partial charge < -0.3 is 30.2 Å². The van der Waals surface area contributed by atoms with E-state index in [2.05, 4.69) is 79.3 Å². The van der Waals surface area contributed by atoms with Crippen molar-refractivity contribution in [1.82, 2.24) is 9.80 Å². The van der Waals surface area contributed by atoms with Gasteiger partial charge in [-0.05, 0) is 93.2 Å². The van der Waals surface area contributed by atoms with E-state index in [-0.39, 0.29) is 48.1 Å². The second-order valence-corrected chi connectivity index (χ2v) is 10.7. The summed E-state index contributed by atoms with van der Waals surface area (Å²) >= 11 is 0. The smallest absolute Gasteiger partial charge is 0.0552 e. The Labute approximate surface area is 200 Å². The third-order valence-electron chi connectivity index (χ3n) is 8.66. The SMILES string of the molecule is CC(O)C(C)C(C)N(C)C(C)C(C)C(C)O.CC(O)C(C)C(C)N(C)C(C)C(C)C(C)O. The van der Waals surface area contributed by atoms with Crippen molar-refractivity contribution in [3.05, 3.63) is 0 Å². The molecule has 0 saturated carbocycles. The van der Waals surface area contributed by atoms with E-state index in [0.29, 0.717) is 24.2 Å². The van der Waals surface area contributed by atoms with Gasteiger partial charge in [0, 0.05) is 24.2 Å². The van der Waals surface area contributed by atoms with Crippen molar-refractivity contribution in [2.75, 3.05) is 14.1 Å². The number of hydrogen-bond acceptors (Lipinski definition) is 6. The van der Waals surface area contributed by atoms with E-state index in [1.165, 1.54) is 0 Å². The van der Waals surface area contributed by atoms with Gasteiger partial charge in [-0.3, -0.25) is 0 Å². The van der Waals surface area contributed by atoms with Gasteiger partial charge in [-0.25, -0.2) is 0 Å². The maximum absolute atomic E-state index is 9.59. The van der Waals surface area contributed by atoms with Crippen LogP contribution in [0.4, 0.5) is 0 Å². The molecule has 6 nitrogen and oxygen atoms in total. The number of rotatable bonds is 12. The summed E-state index contributed by atoms with van der Waals surface area (Å²) in [7, 11) is 4.13. The van der Waals surface area contributed by atoms with Gasteiger partial charge in [0.25, 0.3) is 0 Å². The molecule has 0 bridgehead atoms. The molecule has 4 N–H and O–H groups in total. The average molecular weight is 463 g/mol. The van der Waals surface area contributed by atoms with Gasteiger partial charge in [-0.2, -0.15) is 0 Å². The Morgan fingerprint density at radius 3 is 0.562 bits per heavy atom. The zero-order valence-corrected chi connectivity index (χ0v) is 23.6. The van der Waals surface area contributed by atoms with Gasteiger partial charge in [0.1, 0.15) is 0 Å². The minimum absolute atomic E-state index is 0.230. The van der Waals surface area contributed by atoms with Gasteiger partial charge in [0.15, 0.2) is 0 Å². The molecule has 0 aliphatic rings. The van der Waals surface area contributed by atoms with E-state index < -0.39 is 0 Å². The molecule has 12 atom stereocenters. The topological polar surface area (TPSA) is 87.4 Å². The fourth-order valence-corrected chi connectivity index (χ4v) is 3.84. The summed E-state index contributed by atoms with van der Waals surface area (Å²) in [6.45, 7) is 24.1. The Bertz CT molecular complexity index is 391. The Hall–Kier alpha value is -0.240. The molecule has 0 saturated heterocycles. The lowest BCUT2D eigenvalue weighted by Crippen LogP contribution is -2.47. The van der Waals surface area contributed by atoms with E-state index in [4.69, 9.17) is 0 Å². The molecular formula is C26H58N2O4. The molecule has 0 heterocycles. The molecule has 0 aromatic heterocycles. The Morgan fingerprint density at radius 2 is 0.469 bits per heavy atom. The molecule has 0 fully saturated rings. The van der Waals surface area contributed by atoms with Crippen LogP contribution in [0.1, 0.15) is 83.1 Å². The number of nitrogens with zero attached hydrogens (tertiary/aromatic N) is 2. The van der Waals surface area contributed by atoms with Crippen LogP contribution in [0.2, 0.25) is 0 Å². The van der Waals surface area contributed by atoms with Gasteiger partial charge >= 0.3 is 0 Å². The van der Waals surface area contributed by atoms with E-state index in [0.717, 1.165) is 0 Å². The number of aliphatic hydroxyl groups excluding tert-OH is 4. The third kappa shape index (κ3) is 10.8. The molecule has 0 aliphatic heterocycles. The van der Waals surface area contributed by atoms with Crippen molar-refractivity contribution in [2.45, 2.75) is 132 Å². The van der Waals surface area contributed by atoms with E-state index in [1.54, 1.807) is 0 Å². The standard InChI is InChI=1S/2C13H29NO2/c2*1-8(12(5)15)10(3)14(7)11(4)9(2)13(6)16/h2*8-13,15-16H,1-7H3. The molecule has 0 rings (SSSR count). The van der Waals surface area contributed by atoms with Crippen LogP contribution in [0, 0.1) is 23.7 Å². The predicted octanol–water partition coefficient (Wildman–Crippen LogP) is 3.46. The third-order valence-corrected chi connectivity index (χ3v) is 8.66. The molecule has 0 amide bonds. The monoisotopic (exact) mass is 462 g/mol. The zero-order chi connectivity index (χ0) is 26.1. The average Bonchev–Trinajstić information content (AvgIpc) is 2.73. The van der Waals surface area contributed by atoms with Crippen molar-refractivity contribution in [3.63, 3.8) is 0 Å². The molecule has 32 heavy (non-hydrogen) atoms. The lowest BCUT2D eigenvalue weighted by Gasteiger charge is -2.39. The number of hydrogen-bond donors (Lipinski definition) is 4. The predicted molar refractivity (Wildman–Crippen MR) is 137 cm³/mol. The molecular weight excluding hydrogens is 404 g/mol. The van der Waals surface area contributed by atoms with Crippen LogP contribution < -0.4 is 0 Å². The molecule has 0 spiro atoms. The Balaban J connectivity index is 0. The van der Waals surface area contributed by atoms with Gasteiger partial charge in [-0.1, -0.05) is 27.7 Å². The molecule has 0 radical (unpaired) electrons. The normalized spacial score (nSPS) is 23.6. The quantitative estimate of drug-likeness (QED) is 0.355. The Morgan fingerprint density at radius 1 is 0.344 bits per heavy atom. The van der Waals surface area contributed by atoms with Gasteiger partial charge in [0.05, 0.1) is 24.4 Å². The van der Waals surface area contributed by atoms with Crippen LogP contribution in [0.3, 0.4) is 0 Å². The molecule has 0 aromatic rings. The van der Waals surface area contributed by atoms with Crippen molar-refractivity contribution in [2.24, 2.45) is 23.7 Å². The molecule has 6 heteroatoms. The lowest BCUT2D eigenvalue weighted by molar-refractivity contribution is 0.0206.